The zero-order valence-electron chi connectivity index (χ0n) is 21.1. The summed E-state index contributed by atoms with van der Waals surface area (Å²) in [6.45, 7) is 3.83. The molecule has 3 aromatic carbocycles. The van der Waals surface area contributed by atoms with Crippen LogP contribution < -0.4 is 4.74 Å². The molecule has 0 bridgehead atoms. The Bertz CT molecular complexity index is 1280. The normalized spacial score (nSPS) is 17.9. The van der Waals surface area contributed by atoms with Crippen molar-refractivity contribution in [2.45, 2.75) is 64.2 Å². The molecule has 0 aromatic heterocycles. The number of benzene rings is 3. The van der Waals surface area contributed by atoms with Crippen LogP contribution in [0.15, 0.2) is 42.5 Å². The summed E-state index contributed by atoms with van der Waals surface area (Å²) in [6.07, 6.45) is 7.24. The largest absolute Gasteiger partial charge is 0.490 e. The van der Waals surface area contributed by atoms with Crippen LogP contribution in [0.1, 0.15) is 85.1 Å². The highest BCUT2D eigenvalue weighted by Crippen LogP contribution is 2.42. The summed E-state index contributed by atoms with van der Waals surface area (Å²) in [6, 6.07) is 11.0. The second kappa shape index (κ2) is 11.9. The third-order valence-corrected chi connectivity index (χ3v) is 7.24. The van der Waals surface area contributed by atoms with E-state index in [-0.39, 0.29) is 28.7 Å². The van der Waals surface area contributed by atoms with E-state index in [0.717, 1.165) is 31.2 Å². The maximum Gasteiger partial charge on any atom is 0.201 e. The smallest absolute Gasteiger partial charge is 0.201 e. The molecule has 1 aliphatic rings. The Balaban J connectivity index is 1.41. The maximum atomic E-state index is 14.9. The summed E-state index contributed by atoms with van der Waals surface area (Å²) in [5.41, 5.74) is 1.81. The van der Waals surface area contributed by atoms with Crippen LogP contribution in [0.3, 0.4) is 0 Å². The van der Waals surface area contributed by atoms with E-state index in [1.54, 1.807) is 25.1 Å². The van der Waals surface area contributed by atoms with Crippen molar-refractivity contribution in [1.82, 2.24) is 0 Å². The van der Waals surface area contributed by atoms with Gasteiger partial charge >= 0.3 is 0 Å². The molecule has 0 amide bonds. The minimum atomic E-state index is -1.06. The molecule has 0 aliphatic heterocycles. The standard InChI is InChI=1S/C31H31F5O/c1-3-4-17-37-27-16-14-23(29(34)31(27)36)12-10-22-11-13-24(18-26(22)32)20-6-8-21(9-7-20)25-15-5-19(2)28(33)30(25)35/h5,10-16,18,20-21H,3-4,6-9,17H2,1-2H3/b12-10+. The minimum Gasteiger partial charge on any atom is -0.490 e. The zero-order valence-corrected chi connectivity index (χ0v) is 21.1. The Hall–Kier alpha value is -3.15. The van der Waals surface area contributed by atoms with Gasteiger partial charge in [0.15, 0.2) is 23.2 Å². The molecule has 0 radical (unpaired) electrons. The number of unbranched alkanes of at least 4 members (excludes halogenated alkanes) is 1. The predicted molar refractivity (Wildman–Crippen MR) is 137 cm³/mol. The van der Waals surface area contributed by atoms with Crippen LogP contribution >= 0.6 is 0 Å². The molecule has 1 saturated carbocycles. The average Bonchev–Trinajstić information content (AvgIpc) is 2.90. The van der Waals surface area contributed by atoms with Crippen molar-refractivity contribution >= 4 is 12.2 Å². The van der Waals surface area contributed by atoms with E-state index in [4.69, 9.17) is 4.74 Å². The van der Waals surface area contributed by atoms with E-state index in [1.807, 2.05) is 13.0 Å². The molecule has 3 aromatic rings. The van der Waals surface area contributed by atoms with Crippen LogP contribution in [0, 0.1) is 36.0 Å². The van der Waals surface area contributed by atoms with Crippen molar-refractivity contribution in [2.24, 2.45) is 0 Å². The molecule has 4 rings (SSSR count). The Morgan fingerprint density at radius 3 is 2.14 bits per heavy atom. The third-order valence-electron chi connectivity index (χ3n) is 7.24. The molecule has 0 atom stereocenters. The van der Waals surface area contributed by atoms with Gasteiger partial charge in [0, 0.05) is 11.1 Å². The summed E-state index contributed by atoms with van der Waals surface area (Å²) >= 11 is 0. The fourth-order valence-electron chi connectivity index (χ4n) is 4.94. The number of ether oxygens (including phenoxy) is 1. The van der Waals surface area contributed by atoms with Crippen molar-refractivity contribution in [1.29, 1.82) is 0 Å². The Morgan fingerprint density at radius 1 is 0.757 bits per heavy atom. The molecular weight excluding hydrogens is 483 g/mol. The summed E-state index contributed by atoms with van der Waals surface area (Å²) in [4.78, 5) is 0. The van der Waals surface area contributed by atoms with Crippen LogP contribution in [-0.2, 0) is 0 Å². The van der Waals surface area contributed by atoms with Crippen LogP contribution in [-0.4, -0.2) is 6.61 Å². The van der Waals surface area contributed by atoms with E-state index in [2.05, 4.69) is 0 Å². The topological polar surface area (TPSA) is 9.23 Å². The molecule has 1 fully saturated rings. The quantitative estimate of drug-likeness (QED) is 0.165. The Labute approximate surface area is 215 Å². The Kier molecular flexibility index (Phi) is 8.67. The SMILES string of the molecule is CCCCOc1ccc(/C=C/c2ccc(C3CCC(c4ccc(C)c(F)c4F)CC3)cc2F)c(F)c1F. The van der Waals surface area contributed by atoms with E-state index < -0.39 is 29.1 Å². The molecule has 6 heteroatoms. The van der Waals surface area contributed by atoms with Crippen LogP contribution in [0.25, 0.3) is 12.2 Å². The molecule has 1 nitrogen and oxygen atoms in total. The van der Waals surface area contributed by atoms with Crippen LogP contribution in [0.2, 0.25) is 0 Å². The van der Waals surface area contributed by atoms with Gasteiger partial charge in [0.2, 0.25) is 5.82 Å². The molecule has 37 heavy (non-hydrogen) atoms. The lowest BCUT2D eigenvalue weighted by Gasteiger charge is -2.29. The maximum absolute atomic E-state index is 14.9. The predicted octanol–water partition coefficient (Wildman–Crippen LogP) is 9.48. The van der Waals surface area contributed by atoms with E-state index >= 15 is 0 Å². The van der Waals surface area contributed by atoms with Gasteiger partial charge in [-0.2, -0.15) is 4.39 Å². The average molecular weight is 515 g/mol. The van der Waals surface area contributed by atoms with Crippen LogP contribution in [0.4, 0.5) is 22.0 Å². The van der Waals surface area contributed by atoms with Crippen LogP contribution in [0.5, 0.6) is 5.75 Å². The molecule has 1 aliphatic carbocycles. The van der Waals surface area contributed by atoms with Gasteiger partial charge < -0.3 is 4.74 Å². The summed E-state index contributed by atoms with van der Waals surface area (Å²) in [7, 11) is 0. The summed E-state index contributed by atoms with van der Waals surface area (Å²) in [5.74, 6) is -4.18. The number of hydrogen-bond donors (Lipinski definition) is 0. The molecular formula is C31H31F5O. The molecule has 0 unspecified atom stereocenters. The first kappa shape index (κ1) is 26.9. The van der Waals surface area contributed by atoms with Gasteiger partial charge in [0.25, 0.3) is 0 Å². The van der Waals surface area contributed by atoms with Gasteiger partial charge in [-0.25, -0.2) is 17.6 Å². The first-order valence-electron chi connectivity index (χ1n) is 12.8. The van der Waals surface area contributed by atoms with Crippen molar-refractivity contribution in [3.63, 3.8) is 0 Å². The fourth-order valence-corrected chi connectivity index (χ4v) is 4.94. The lowest BCUT2D eigenvalue weighted by Crippen LogP contribution is -2.14. The van der Waals surface area contributed by atoms with Crippen molar-refractivity contribution in [3.8, 4) is 5.75 Å². The highest BCUT2D eigenvalue weighted by atomic mass is 19.2. The van der Waals surface area contributed by atoms with Gasteiger partial charge in [-0.3, -0.25) is 0 Å². The highest BCUT2D eigenvalue weighted by molar-refractivity contribution is 5.70. The van der Waals surface area contributed by atoms with Gasteiger partial charge in [-0.1, -0.05) is 49.8 Å². The summed E-state index contributed by atoms with van der Waals surface area (Å²) in [5, 5.41) is 0. The highest BCUT2D eigenvalue weighted by Gasteiger charge is 2.27. The van der Waals surface area contributed by atoms with Crippen molar-refractivity contribution in [2.75, 3.05) is 6.61 Å². The third kappa shape index (κ3) is 6.06. The van der Waals surface area contributed by atoms with Gasteiger partial charge in [-0.05, 0) is 85.8 Å². The summed E-state index contributed by atoms with van der Waals surface area (Å²) < 4.78 is 77.3. The van der Waals surface area contributed by atoms with Gasteiger partial charge in [0.1, 0.15) is 5.82 Å². The molecule has 0 spiro atoms. The molecule has 0 N–H and O–H groups in total. The molecule has 0 saturated heterocycles. The molecule has 0 heterocycles. The number of rotatable bonds is 8. The van der Waals surface area contributed by atoms with Crippen molar-refractivity contribution < 1.29 is 26.7 Å². The zero-order chi connectivity index (χ0) is 26.5. The van der Waals surface area contributed by atoms with E-state index in [1.165, 1.54) is 30.4 Å². The lowest BCUT2D eigenvalue weighted by molar-refractivity contribution is 0.288. The number of aryl methyl sites for hydroxylation is 1. The minimum absolute atomic E-state index is 0.00177. The lowest BCUT2D eigenvalue weighted by atomic mass is 9.76. The first-order valence-corrected chi connectivity index (χ1v) is 12.8. The number of hydrogen-bond acceptors (Lipinski definition) is 1. The van der Waals surface area contributed by atoms with Gasteiger partial charge in [0.05, 0.1) is 6.61 Å². The second-order valence-corrected chi connectivity index (χ2v) is 9.75. The number of halogens is 5. The van der Waals surface area contributed by atoms with E-state index in [9.17, 15) is 22.0 Å². The Morgan fingerprint density at radius 2 is 1.43 bits per heavy atom. The first-order chi connectivity index (χ1) is 17.8. The monoisotopic (exact) mass is 514 g/mol. The fraction of sp³-hybridized carbons (Fsp3) is 0.355. The van der Waals surface area contributed by atoms with Gasteiger partial charge in [-0.15, -0.1) is 0 Å². The second-order valence-electron chi connectivity index (χ2n) is 9.75. The molecule has 196 valence electrons. The van der Waals surface area contributed by atoms with Crippen molar-refractivity contribution in [3.05, 3.63) is 99.4 Å². The van der Waals surface area contributed by atoms with E-state index in [0.29, 0.717) is 30.6 Å².